The summed E-state index contributed by atoms with van der Waals surface area (Å²) in [5, 5.41) is 5.20. The Hall–Kier alpha value is -3.84. The van der Waals surface area contributed by atoms with Crippen molar-refractivity contribution < 1.29 is 0 Å². The molecule has 0 saturated carbocycles. The second-order valence-corrected chi connectivity index (χ2v) is 8.13. The lowest BCUT2D eigenvalue weighted by Crippen LogP contribution is -1.93. The first-order valence-electron chi connectivity index (χ1n) is 10.9. The highest BCUT2D eigenvalue weighted by Gasteiger charge is 2.14. The number of rotatable bonds is 3. The molecule has 0 radical (unpaired) electrons. The molecule has 0 saturated heterocycles. The number of nitrogens with zero attached hydrogens (tertiary/aromatic N) is 1. The molecule has 148 valence electrons. The van der Waals surface area contributed by atoms with Crippen molar-refractivity contribution in [1.82, 2.24) is 4.57 Å². The van der Waals surface area contributed by atoms with E-state index in [0.29, 0.717) is 0 Å². The number of aromatic nitrogens is 1. The van der Waals surface area contributed by atoms with Crippen LogP contribution in [-0.4, -0.2) is 4.57 Å². The molecule has 6 rings (SSSR count). The summed E-state index contributed by atoms with van der Waals surface area (Å²) in [5.41, 5.74) is 7.62. The zero-order chi connectivity index (χ0) is 20.8. The van der Waals surface area contributed by atoms with Crippen molar-refractivity contribution in [2.75, 3.05) is 0 Å². The summed E-state index contributed by atoms with van der Waals surface area (Å²) in [6, 6.07) is 39.7. The van der Waals surface area contributed by atoms with Crippen LogP contribution in [0.2, 0.25) is 0 Å². The molecule has 0 spiro atoms. The van der Waals surface area contributed by atoms with Gasteiger partial charge in [-0.05, 0) is 70.3 Å². The first-order valence-corrected chi connectivity index (χ1v) is 10.9. The Bertz CT molecular complexity index is 1550. The standard InChI is InChI=1S/C30H23N/c1-2-21-15-17-29-27(19-21)28-20-23(26-14-8-10-22-9-6-7-13-25(22)26)16-18-30(28)31(29)24-11-4-3-5-12-24/h3-20H,2H2,1H3. The molecule has 0 fully saturated rings. The van der Waals surface area contributed by atoms with E-state index < -0.39 is 0 Å². The van der Waals surface area contributed by atoms with Crippen molar-refractivity contribution in [3.05, 3.63) is 115 Å². The van der Waals surface area contributed by atoms with Crippen LogP contribution >= 0.6 is 0 Å². The van der Waals surface area contributed by atoms with Crippen LogP contribution in [0.1, 0.15) is 12.5 Å². The third-order valence-corrected chi connectivity index (χ3v) is 6.35. The summed E-state index contributed by atoms with van der Waals surface area (Å²) in [4.78, 5) is 0. The van der Waals surface area contributed by atoms with E-state index in [2.05, 4.69) is 121 Å². The summed E-state index contributed by atoms with van der Waals surface area (Å²) in [6.07, 6.45) is 1.04. The fraction of sp³-hybridized carbons (Fsp3) is 0.0667. The first kappa shape index (κ1) is 18.0. The average Bonchev–Trinajstić information content (AvgIpc) is 3.17. The van der Waals surface area contributed by atoms with Gasteiger partial charge in [0.2, 0.25) is 0 Å². The van der Waals surface area contributed by atoms with Crippen molar-refractivity contribution in [3.8, 4) is 16.8 Å². The molecule has 0 bridgehead atoms. The highest BCUT2D eigenvalue weighted by molar-refractivity contribution is 6.11. The molecule has 1 nitrogen and oxygen atoms in total. The molecule has 0 aliphatic rings. The monoisotopic (exact) mass is 397 g/mol. The molecular weight excluding hydrogens is 374 g/mol. The van der Waals surface area contributed by atoms with Gasteiger partial charge in [-0.2, -0.15) is 0 Å². The maximum Gasteiger partial charge on any atom is 0.0541 e. The molecule has 0 unspecified atom stereocenters. The maximum absolute atomic E-state index is 2.39. The molecule has 0 atom stereocenters. The minimum Gasteiger partial charge on any atom is -0.309 e. The summed E-state index contributed by atoms with van der Waals surface area (Å²) in [6.45, 7) is 2.22. The Morgan fingerprint density at radius 2 is 1.29 bits per heavy atom. The van der Waals surface area contributed by atoms with Gasteiger partial charge in [0.1, 0.15) is 0 Å². The topological polar surface area (TPSA) is 4.93 Å². The SMILES string of the molecule is CCc1ccc2c(c1)c1cc(-c3cccc4ccccc34)ccc1n2-c1ccccc1. The summed E-state index contributed by atoms with van der Waals surface area (Å²) in [7, 11) is 0. The zero-order valence-corrected chi connectivity index (χ0v) is 17.5. The van der Waals surface area contributed by atoms with E-state index in [9.17, 15) is 0 Å². The lowest BCUT2D eigenvalue weighted by molar-refractivity contribution is 1.14. The third kappa shape index (κ3) is 2.85. The smallest absolute Gasteiger partial charge is 0.0541 e. The van der Waals surface area contributed by atoms with Crippen LogP contribution < -0.4 is 0 Å². The Kier molecular flexibility index (Phi) is 4.14. The second-order valence-electron chi connectivity index (χ2n) is 8.13. The highest BCUT2D eigenvalue weighted by atomic mass is 15.0. The largest absolute Gasteiger partial charge is 0.309 e. The quantitative estimate of drug-likeness (QED) is 0.284. The number of hydrogen-bond acceptors (Lipinski definition) is 0. The minimum atomic E-state index is 1.04. The molecule has 0 N–H and O–H groups in total. The van der Waals surface area contributed by atoms with Gasteiger partial charge in [-0.1, -0.05) is 79.7 Å². The van der Waals surface area contributed by atoms with E-state index in [1.807, 2.05) is 0 Å². The van der Waals surface area contributed by atoms with Crippen LogP contribution in [0.4, 0.5) is 0 Å². The van der Waals surface area contributed by atoms with E-state index in [0.717, 1.165) is 6.42 Å². The molecule has 6 aromatic rings. The van der Waals surface area contributed by atoms with Crippen molar-refractivity contribution in [2.24, 2.45) is 0 Å². The van der Waals surface area contributed by atoms with Gasteiger partial charge in [-0.25, -0.2) is 0 Å². The molecular formula is C30H23N. The van der Waals surface area contributed by atoms with Crippen molar-refractivity contribution in [1.29, 1.82) is 0 Å². The molecule has 0 aliphatic carbocycles. The Morgan fingerprint density at radius 3 is 2.13 bits per heavy atom. The third-order valence-electron chi connectivity index (χ3n) is 6.35. The number of fused-ring (bicyclic) bond motifs is 4. The lowest BCUT2D eigenvalue weighted by atomic mass is 9.97. The highest BCUT2D eigenvalue weighted by Crippen LogP contribution is 2.37. The Labute approximate surface area is 182 Å². The van der Waals surface area contributed by atoms with Crippen LogP contribution in [-0.2, 0) is 6.42 Å². The Balaban J connectivity index is 1.69. The van der Waals surface area contributed by atoms with Gasteiger partial charge in [0.25, 0.3) is 0 Å². The predicted molar refractivity (Wildman–Crippen MR) is 133 cm³/mol. The molecule has 31 heavy (non-hydrogen) atoms. The fourth-order valence-corrected chi connectivity index (χ4v) is 4.79. The van der Waals surface area contributed by atoms with Gasteiger partial charge >= 0.3 is 0 Å². The molecule has 0 amide bonds. The van der Waals surface area contributed by atoms with Gasteiger partial charge < -0.3 is 4.57 Å². The van der Waals surface area contributed by atoms with Crippen molar-refractivity contribution in [3.63, 3.8) is 0 Å². The minimum absolute atomic E-state index is 1.04. The predicted octanol–water partition coefficient (Wildman–Crippen LogP) is 8.17. The maximum atomic E-state index is 2.39. The fourth-order valence-electron chi connectivity index (χ4n) is 4.79. The summed E-state index contributed by atoms with van der Waals surface area (Å²) < 4.78 is 2.39. The van der Waals surface area contributed by atoms with Crippen LogP contribution in [0.3, 0.4) is 0 Å². The number of aryl methyl sites for hydroxylation is 1. The van der Waals surface area contributed by atoms with Gasteiger partial charge in [0, 0.05) is 16.5 Å². The molecule has 0 aliphatic heterocycles. The van der Waals surface area contributed by atoms with Gasteiger partial charge in [-0.15, -0.1) is 0 Å². The number of hydrogen-bond donors (Lipinski definition) is 0. The summed E-state index contributed by atoms with van der Waals surface area (Å²) >= 11 is 0. The van der Waals surface area contributed by atoms with Gasteiger partial charge in [0.15, 0.2) is 0 Å². The summed E-state index contributed by atoms with van der Waals surface area (Å²) in [5.74, 6) is 0. The first-order chi connectivity index (χ1) is 15.3. The van der Waals surface area contributed by atoms with Crippen molar-refractivity contribution in [2.45, 2.75) is 13.3 Å². The van der Waals surface area contributed by atoms with Gasteiger partial charge in [-0.3, -0.25) is 0 Å². The van der Waals surface area contributed by atoms with Crippen molar-refractivity contribution >= 4 is 32.6 Å². The zero-order valence-electron chi connectivity index (χ0n) is 17.5. The average molecular weight is 398 g/mol. The van der Waals surface area contributed by atoms with E-state index in [1.54, 1.807) is 0 Å². The molecule has 1 aromatic heterocycles. The second kappa shape index (κ2) is 7.14. The van der Waals surface area contributed by atoms with E-state index in [4.69, 9.17) is 0 Å². The normalized spacial score (nSPS) is 11.5. The van der Waals surface area contributed by atoms with E-state index in [-0.39, 0.29) is 0 Å². The number of para-hydroxylation sites is 1. The van der Waals surface area contributed by atoms with Crippen LogP contribution in [0.15, 0.2) is 109 Å². The Morgan fingerprint density at radius 1 is 0.581 bits per heavy atom. The van der Waals surface area contributed by atoms with E-state index >= 15 is 0 Å². The molecule has 1 heterocycles. The van der Waals surface area contributed by atoms with Crippen LogP contribution in [0.5, 0.6) is 0 Å². The molecule has 1 heteroatoms. The number of benzene rings is 5. The molecule has 5 aromatic carbocycles. The van der Waals surface area contributed by atoms with Crippen LogP contribution in [0, 0.1) is 0 Å². The van der Waals surface area contributed by atoms with Crippen LogP contribution in [0.25, 0.3) is 49.4 Å². The van der Waals surface area contributed by atoms with E-state index in [1.165, 1.54) is 55.0 Å². The van der Waals surface area contributed by atoms with Gasteiger partial charge in [0.05, 0.1) is 11.0 Å². The lowest BCUT2D eigenvalue weighted by Gasteiger charge is -2.09.